The molecule has 0 aliphatic carbocycles. The van der Waals surface area contributed by atoms with E-state index in [2.05, 4.69) is 29.6 Å². The number of unbranched alkanes of at least 4 members (excludes halogenated alkanes) is 1. The molecule has 31 heavy (non-hydrogen) atoms. The zero-order valence-corrected chi connectivity index (χ0v) is 18.8. The van der Waals surface area contributed by atoms with Gasteiger partial charge in [-0.1, -0.05) is 48.9 Å². The Morgan fingerprint density at radius 2 is 1.58 bits per heavy atom. The molecule has 0 saturated carbocycles. The fraction of sp³-hybridized carbons (Fsp3) is 0.462. The molecule has 1 N–H and O–H groups in total. The molecule has 168 valence electrons. The lowest BCUT2D eigenvalue weighted by Gasteiger charge is -2.18. The van der Waals surface area contributed by atoms with E-state index in [9.17, 15) is 9.59 Å². The predicted octanol–water partition coefficient (Wildman–Crippen LogP) is 4.94. The maximum absolute atomic E-state index is 11.9. The number of benzene rings is 2. The Hall–Kier alpha value is -2.66. The average molecular weight is 426 g/mol. The van der Waals surface area contributed by atoms with Crippen molar-refractivity contribution in [2.75, 3.05) is 19.8 Å². The molecular weight excluding hydrogens is 390 g/mol. The van der Waals surface area contributed by atoms with Gasteiger partial charge in [-0.25, -0.2) is 4.79 Å². The van der Waals surface area contributed by atoms with E-state index >= 15 is 0 Å². The molecule has 1 atom stereocenters. The van der Waals surface area contributed by atoms with Crippen LogP contribution >= 0.6 is 0 Å². The van der Waals surface area contributed by atoms with E-state index in [1.807, 2.05) is 37.3 Å². The van der Waals surface area contributed by atoms with Crippen LogP contribution in [0.25, 0.3) is 0 Å². The van der Waals surface area contributed by atoms with Crippen LogP contribution in [0.15, 0.2) is 54.6 Å². The summed E-state index contributed by atoms with van der Waals surface area (Å²) in [4.78, 5) is 23.4. The first-order chi connectivity index (χ1) is 15.1. The summed E-state index contributed by atoms with van der Waals surface area (Å²) in [5, 5.41) is 3.57. The van der Waals surface area contributed by atoms with Crippen LogP contribution in [-0.2, 0) is 27.2 Å². The highest BCUT2D eigenvalue weighted by molar-refractivity contribution is 5.89. The fourth-order valence-corrected chi connectivity index (χ4v) is 3.55. The molecule has 0 saturated heterocycles. The van der Waals surface area contributed by atoms with Crippen LogP contribution < -0.4 is 5.32 Å². The van der Waals surface area contributed by atoms with Gasteiger partial charge in [-0.05, 0) is 68.8 Å². The summed E-state index contributed by atoms with van der Waals surface area (Å²) in [5.41, 5.74) is 3.05. The standard InChI is InChI=1S/C26H35NO4/c1-3-30-25(28)13-9-8-12-23(20-27-19-22-10-6-5-7-11-22)18-21-14-16-24(17-15-21)26(29)31-4-2/h5-7,10-11,14-17,23,27H,3-4,8-9,12-13,18-20H2,1-2H3. The first-order valence-corrected chi connectivity index (χ1v) is 11.3. The van der Waals surface area contributed by atoms with Gasteiger partial charge >= 0.3 is 11.9 Å². The first-order valence-electron chi connectivity index (χ1n) is 11.3. The lowest BCUT2D eigenvalue weighted by molar-refractivity contribution is -0.143. The maximum Gasteiger partial charge on any atom is 0.338 e. The van der Waals surface area contributed by atoms with Crippen LogP contribution in [0.1, 0.15) is 61.0 Å². The van der Waals surface area contributed by atoms with Crippen molar-refractivity contribution in [3.8, 4) is 0 Å². The number of rotatable bonds is 14. The second-order valence-corrected chi connectivity index (χ2v) is 7.65. The normalized spacial score (nSPS) is 11.7. The highest BCUT2D eigenvalue weighted by Crippen LogP contribution is 2.17. The number of carbonyl (C=O) groups excluding carboxylic acids is 2. The van der Waals surface area contributed by atoms with Crippen molar-refractivity contribution in [3.63, 3.8) is 0 Å². The average Bonchev–Trinajstić information content (AvgIpc) is 2.78. The summed E-state index contributed by atoms with van der Waals surface area (Å²) in [5.74, 6) is 0.0456. The van der Waals surface area contributed by atoms with E-state index in [4.69, 9.17) is 9.47 Å². The molecule has 0 heterocycles. The van der Waals surface area contributed by atoms with Gasteiger partial charge in [0.25, 0.3) is 0 Å². The van der Waals surface area contributed by atoms with Gasteiger partial charge in [-0.3, -0.25) is 4.79 Å². The summed E-state index contributed by atoms with van der Waals surface area (Å²) < 4.78 is 10.1. The van der Waals surface area contributed by atoms with Crippen molar-refractivity contribution in [2.45, 2.75) is 52.5 Å². The molecule has 0 bridgehead atoms. The summed E-state index contributed by atoms with van der Waals surface area (Å²) in [6, 6.07) is 18.1. The first kappa shape index (κ1) is 24.6. The van der Waals surface area contributed by atoms with Gasteiger partial charge in [-0.2, -0.15) is 0 Å². The number of ether oxygens (including phenoxy) is 2. The molecule has 2 aromatic carbocycles. The summed E-state index contributed by atoms with van der Waals surface area (Å²) in [6.07, 6.45) is 4.25. The molecule has 0 spiro atoms. The number of carbonyl (C=O) groups is 2. The quantitative estimate of drug-likeness (QED) is 0.343. The number of hydrogen-bond acceptors (Lipinski definition) is 5. The van der Waals surface area contributed by atoms with Gasteiger partial charge < -0.3 is 14.8 Å². The lowest BCUT2D eigenvalue weighted by Crippen LogP contribution is -2.24. The lowest BCUT2D eigenvalue weighted by atomic mass is 9.93. The van der Waals surface area contributed by atoms with E-state index in [-0.39, 0.29) is 11.9 Å². The van der Waals surface area contributed by atoms with E-state index in [1.165, 1.54) is 11.1 Å². The second-order valence-electron chi connectivity index (χ2n) is 7.65. The van der Waals surface area contributed by atoms with E-state index in [0.29, 0.717) is 31.1 Å². The summed E-state index contributed by atoms with van der Waals surface area (Å²) in [7, 11) is 0. The minimum absolute atomic E-state index is 0.115. The van der Waals surface area contributed by atoms with Crippen molar-refractivity contribution in [1.29, 1.82) is 0 Å². The van der Waals surface area contributed by atoms with Crippen molar-refractivity contribution < 1.29 is 19.1 Å². The molecular formula is C26H35NO4. The number of esters is 2. The molecule has 1 unspecified atom stereocenters. The van der Waals surface area contributed by atoms with Gasteiger partial charge in [0.05, 0.1) is 18.8 Å². The number of nitrogens with one attached hydrogen (secondary N) is 1. The van der Waals surface area contributed by atoms with Crippen LogP contribution in [0, 0.1) is 5.92 Å². The van der Waals surface area contributed by atoms with E-state index in [1.54, 1.807) is 6.92 Å². The third kappa shape index (κ3) is 9.79. The zero-order valence-electron chi connectivity index (χ0n) is 18.8. The zero-order chi connectivity index (χ0) is 22.3. The monoisotopic (exact) mass is 425 g/mol. The maximum atomic E-state index is 11.9. The van der Waals surface area contributed by atoms with Gasteiger partial charge in [0.1, 0.15) is 0 Å². The SMILES string of the molecule is CCOC(=O)CCCCC(CNCc1ccccc1)Cc1ccc(C(=O)OCC)cc1. The van der Waals surface area contributed by atoms with Crippen molar-refractivity contribution in [1.82, 2.24) is 5.32 Å². The van der Waals surface area contributed by atoms with Crippen molar-refractivity contribution in [2.24, 2.45) is 5.92 Å². The molecule has 0 aliphatic heterocycles. The minimum Gasteiger partial charge on any atom is -0.466 e. The Morgan fingerprint density at radius 1 is 0.871 bits per heavy atom. The highest BCUT2D eigenvalue weighted by atomic mass is 16.5. The minimum atomic E-state index is -0.283. The molecule has 0 fully saturated rings. The van der Waals surface area contributed by atoms with Crippen LogP contribution in [0.5, 0.6) is 0 Å². The van der Waals surface area contributed by atoms with E-state index < -0.39 is 0 Å². The smallest absolute Gasteiger partial charge is 0.338 e. The van der Waals surface area contributed by atoms with Crippen molar-refractivity contribution >= 4 is 11.9 Å². The van der Waals surface area contributed by atoms with Crippen LogP contribution in [0.4, 0.5) is 0 Å². The summed E-state index contributed by atoms with van der Waals surface area (Å²) >= 11 is 0. The Bertz CT molecular complexity index is 774. The van der Waals surface area contributed by atoms with Gasteiger partial charge in [0, 0.05) is 13.0 Å². The van der Waals surface area contributed by atoms with Crippen molar-refractivity contribution in [3.05, 3.63) is 71.3 Å². The van der Waals surface area contributed by atoms with Gasteiger partial charge in [0.15, 0.2) is 0 Å². The van der Waals surface area contributed by atoms with Crippen LogP contribution in [0.2, 0.25) is 0 Å². The topological polar surface area (TPSA) is 64.6 Å². The Labute approximate surface area is 186 Å². The molecule has 5 nitrogen and oxygen atoms in total. The Kier molecular flexibility index (Phi) is 11.4. The molecule has 0 radical (unpaired) electrons. The fourth-order valence-electron chi connectivity index (χ4n) is 3.55. The molecule has 0 amide bonds. The second kappa shape index (κ2) is 14.4. The van der Waals surface area contributed by atoms with Crippen LogP contribution in [-0.4, -0.2) is 31.7 Å². The van der Waals surface area contributed by atoms with Gasteiger partial charge in [-0.15, -0.1) is 0 Å². The Morgan fingerprint density at radius 3 is 2.26 bits per heavy atom. The Balaban J connectivity index is 1.89. The predicted molar refractivity (Wildman–Crippen MR) is 123 cm³/mol. The molecule has 2 aromatic rings. The molecule has 2 rings (SSSR count). The third-order valence-corrected chi connectivity index (χ3v) is 5.14. The largest absolute Gasteiger partial charge is 0.466 e. The molecule has 0 aliphatic rings. The summed E-state index contributed by atoms with van der Waals surface area (Å²) in [6.45, 7) is 6.19. The van der Waals surface area contributed by atoms with E-state index in [0.717, 1.165) is 38.8 Å². The molecule has 0 aromatic heterocycles. The molecule has 5 heteroatoms. The third-order valence-electron chi connectivity index (χ3n) is 5.14. The number of hydrogen-bond donors (Lipinski definition) is 1. The van der Waals surface area contributed by atoms with Gasteiger partial charge in [0.2, 0.25) is 0 Å². The van der Waals surface area contributed by atoms with Crippen LogP contribution in [0.3, 0.4) is 0 Å². The highest BCUT2D eigenvalue weighted by Gasteiger charge is 2.12.